The minimum atomic E-state index is 0.713. The highest BCUT2D eigenvalue weighted by Gasteiger charge is 2.22. The number of fused-ring (bicyclic) bond motifs is 3. The SMILES string of the molecule is c1ccc(-c2ccc(-c3nc(-c4ccccc4-c4ccccc4)nc4c5ccccc5n(-c5ccccc5)c34)cc2)cc1. The number of para-hydroxylation sites is 2. The summed E-state index contributed by atoms with van der Waals surface area (Å²) in [6, 6.07) is 57.1. The maximum atomic E-state index is 5.38. The van der Waals surface area contributed by atoms with Crippen LogP contribution in [0.5, 0.6) is 0 Å². The number of rotatable bonds is 5. The fraction of sp³-hybridized carbons (Fsp3) is 0. The van der Waals surface area contributed by atoms with Gasteiger partial charge in [-0.25, -0.2) is 9.97 Å². The molecule has 0 fully saturated rings. The summed E-state index contributed by atoms with van der Waals surface area (Å²) in [7, 11) is 0. The monoisotopic (exact) mass is 549 g/mol. The topological polar surface area (TPSA) is 30.7 Å². The first kappa shape index (κ1) is 25.0. The third kappa shape index (κ3) is 4.39. The minimum Gasteiger partial charge on any atom is -0.306 e. The molecule has 0 bridgehead atoms. The first-order valence-electron chi connectivity index (χ1n) is 14.5. The number of aromatic nitrogens is 3. The molecule has 202 valence electrons. The Hall–Kier alpha value is -5.80. The lowest BCUT2D eigenvalue weighted by Gasteiger charge is -2.14. The molecule has 0 aliphatic carbocycles. The molecular weight excluding hydrogens is 522 g/mol. The van der Waals surface area contributed by atoms with E-state index in [1.807, 2.05) is 12.1 Å². The van der Waals surface area contributed by atoms with Crippen molar-refractivity contribution in [1.82, 2.24) is 14.5 Å². The molecule has 3 heteroatoms. The summed E-state index contributed by atoms with van der Waals surface area (Å²) in [5.41, 5.74) is 11.7. The molecular formula is C40H27N3. The Morgan fingerprint density at radius 2 is 0.930 bits per heavy atom. The van der Waals surface area contributed by atoms with Gasteiger partial charge in [-0.1, -0.05) is 146 Å². The van der Waals surface area contributed by atoms with Crippen molar-refractivity contribution in [2.45, 2.75) is 0 Å². The smallest absolute Gasteiger partial charge is 0.161 e. The van der Waals surface area contributed by atoms with Gasteiger partial charge < -0.3 is 4.57 Å². The van der Waals surface area contributed by atoms with E-state index >= 15 is 0 Å². The molecule has 2 heterocycles. The van der Waals surface area contributed by atoms with E-state index in [1.165, 1.54) is 11.1 Å². The molecule has 0 saturated carbocycles. The van der Waals surface area contributed by atoms with Gasteiger partial charge in [0.15, 0.2) is 5.82 Å². The first-order chi connectivity index (χ1) is 21.3. The fourth-order valence-corrected chi connectivity index (χ4v) is 6.01. The Kier molecular flexibility index (Phi) is 6.12. The van der Waals surface area contributed by atoms with E-state index in [4.69, 9.17) is 9.97 Å². The maximum Gasteiger partial charge on any atom is 0.161 e. The first-order valence-corrected chi connectivity index (χ1v) is 14.5. The highest BCUT2D eigenvalue weighted by Crippen LogP contribution is 2.39. The van der Waals surface area contributed by atoms with Gasteiger partial charge in [-0.05, 0) is 40.5 Å². The van der Waals surface area contributed by atoms with Gasteiger partial charge in [0.25, 0.3) is 0 Å². The second kappa shape index (κ2) is 10.6. The molecule has 0 atom stereocenters. The largest absolute Gasteiger partial charge is 0.306 e. The summed E-state index contributed by atoms with van der Waals surface area (Å²) in [5.74, 6) is 0.713. The molecule has 2 aromatic heterocycles. The molecule has 3 nitrogen and oxygen atoms in total. The Balaban J connectivity index is 1.44. The third-order valence-electron chi connectivity index (χ3n) is 8.04. The van der Waals surface area contributed by atoms with Crippen molar-refractivity contribution in [3.63, 3.8) is 0 Å². The van der Waals surface area contributed by atoms with Crippen molar-refractivity contribution in [1.29, 1.82) is 0 Å². The van der Waals surface area contributed by atoms with Crippen LogP contribution in [0.1, 0.15) is 0 Å². The summed E-state index contributed by atoms with van der Waals surface area (Å²) in [6.07, 6.45) is 0. The molecule has 0 aliphatic heterocycles. The van der Waals surface area contributed by atoms with Gasteiger partial charge >= 0.3 is 0 Å². The summed E-state index contributed by atoms with van der Waals surface area (Å²) in [6.45, 7) is 0. The van der Waals surface area contributed by atoms with E-state index < -0.39 is 0 Å². The van der Waals surface area contributed by atoms with Crippen LogP contribution >= 0.6 is 0 Å². The van der Waals surface area contributed by atoms with Gasteiger partial charge in [-0.2, -0.15) is 0 Å². The van der Waals surface area contributed by atoms with Crippen LogP contribution in [0.3, 0.4) is 0 Å². The van der Waals surface area contributed by atoms with E-state index in [2.05, 4.69) is 156 Å². The van der Waals surface area contributed by atoms with Crippen molar-refractivity contribution in [3.05, 3.63) is 164 Å². The molecule has 0 amide bonds. The number of hydrogen-bond acceptors (Lipinski definition) is 2. The van der Waals surface area contributed by atoms with Crippen LogP contribution in [0.2, 0.25) is 0 Å². The van der Waals surface area contributed by atoms with E-state index in [1.54, 1.807) is 0 Å². The molecule has 0 aliphatic rings. The predicted molar refractivity (Wildman–Crippen MR) is 178 cm³/mol. The second-order valence-electron chi connectivity index (χ2n) is 10.6. The lowest BCUT2D eigenvalue weighted by atomic mass is 9.98. The number of hydrogen-bond donors (Lipinski definition) is 0. The van der Waals surface area contributed by atoms with Gasteiger partial charge in [0.2, 0.25) is 0 Å². The number of benzene rings is 6. The van der Waals surface area contributed by atoms with E-state index in [0.29, 0.717) is 5.82 Å². The molecule has 6 aromatic carbocycles. The highest BCUT2D eigenvalue weighted by molar-refractivity contribution is 6.11. The highest BCUT2D eigenvalue weighted by atomic mass is 15.0. The van der Waals surface area contributed by atoms with Crippen LogP contribution < -0.4 is 0 Å². The summed E-state index contributed by atoms with van der Waals surface area (Å²) in [4.78, 5) is 10.7. The third-order valence-corrected chi connectivity index (χ3v) is 8.04. The van der Waals surface area contributed by atoms with E-state index in [0.717, 1.165) is 55.6 Å². The zero-order chi connectivity index (χ0) is 28.6. The van der Waals surface area contributed by atoms with Gasteiger partial charge in [0, 0.05) is 22.2 Å². The molecule has 8 rings (SSSR count). The van der Waals surface area contributed by atoms with Crippen molar-refractivity contribution < 1.29 is 0 Å². The lowest BCUT2D eigenvalue weighted by Crippen LogP contribution is -2.00. The van der Waals surface area contributed by atoms with Gasteiger partial charge in [0.05, 0.1) is 16.7 Å². The molecule has 0 spiro atoms. The van der Waals surface area contributed by atoms with Crippen molar-refractivity contribution in [2.75, 3.05) is 0 Å². The molecule has 0 N–H and O–H groups in total. The van der Waals surface area contributed by atoms with Gasteiger partial charge in [0.1, 0.15) is 5.52 Å². The number of nitrogens with zero attached hydrogens (tertiary/aromatic N) is 3. The standard InChI is InChI=1S/C40H27N3/c1-4-14-28(15-5-1)29-24-26-31(27-25-29)37-39-38(35-22-12-13-23-36(35)43(39)32-18-8-3-9-19-32)42-40(41-37)34-21-11-10-20-33(34)30-16-6-2-7-17-30/h1-27H. The van der Waals surface area contributed by atoms with E-state index in [-0.39, 0.29) is 0 Å². The zero-order valence-electron chi connectivity index (χ0n) is 23.4. The summed E-state index contributed by atoms with van der Waals surface area (Å²) >= 11 is 0. The molecule has 43 heavy (non-hydrogen) atoms. The van der Waals surface area contributed by atoms with Gasteiger partial charge in [-0.15, -0.1) is 0 Å². The molecule has 0 radical (unpaired) electrons. The van der Waals surface area contributed by atoms with Crippen LogP contribution in [0, 0.1) is 0 Å². The summed E-state index contributed by atoms with van der Waals surface area (Å²) in [5, 5.41) is 1.10. The predicted octanol–water partition coefficient (Wildman–Crippen LogP) is 10.2. The van der Waals surface area contributed by atoms with E-state index in [9.17, 15) is 0 Å². The Morgan fingerprint density at radius 1 is 0.395 bits per heavy atom. The Labute approximate surface area is 250 Å². The quantitative estimate of drug-likeness (QED) is 0.214. The Bertz CT molecular complexity index is 2200. The average molecular weight is 550 g/mol. The molecule has 8 aromatic rings. The summed E-state index contributed by atoms with van der Waals surface area (Å²) < 4.78 is 2.30. The zero-order valence-corrected chi connectivity index (χ0v) is 23.4. The fourth-order valence-electron chi connectivity index (χ4n) is 6.01. The van der Waals surface area contributed by atoms with Crippen LogP contribution in [0.25, 0.3) is 72.5 Å². The molecule has 0 unspecified atom stereocenters. The van der Waals surface area contributed by atoms with Crippen LogP contribution in [-0.4, -0.2) is 14.5 Å². The average Bonchev–Trinajstić information content (AvgIpc) is 3.43. The van der Waals surface area contributed by atoms with Crippen LogP contribution in [0.4, 0.5) is 0 Å². The van der Waals surface area contributed by atoms with Crippen LogP contribution in [0.15, 0.2) is 164 Å². The van der Waals surface area contributed by atoms with Crippen LogP contribution in [-0.2, 0) is 0 Å². The molecule has 0 saturated heterocycles. The second-order valence-corrected chi connectivity index (χ2v) is 10.6. The van der Waals surface area contributed by atoms with Crippen molar-refractivity contribution in [3.8, 4) is 50.6 Å². The van der Waals surface area contributed by atoms with Crippen molar-refractivity contribution >= 4 is 21.9 Å². The maximum absolute atomic E-state index is 5.38. The minimum absolute atomic E-state index is 0.713. The lowest BCUT2D eigenvalue weighted by molar-refractivity contribution is 1.15. The van der Waals surface area contributed by atoms with Crippen molar-refractivity contribution in [2.24, 2.45) is 0 Å². The normalized spacial score (nSPS) is 11.3. The Morgan fingerprint density at radius 3 is 1.65 bits per heavy atom. The van der Waals surface area contributed by atoms with Gasteiger partial charge in [-0.3, -0.25) is 0 Å².